The van der Waals surface area contributed by atoms with Crippen molar-refractivity contribution in [3.05, 3.63) is 23.2 Å². The molecule has 2 rings (SSSR count). The van der Waals surface area contributed by atoms with Crippen molar-refractivity contribution in [3.63, 3.8) is 0 Å². The largest absolute Gasteiger partial charge is 0.461 e. The van der Waals surface area contributed by atoms with Gasteiger partial charge < -0.3 is 9.15 Å². The number of rotatable bonds is 1. The van der Waals surface area contributed by atoms with Gasteiger partial charge in [0.2, 0.25) is 0 Å². The van der Waals surface area contributed by atoms with Gasteiger partial charge in [-0.2, -0.15) is 0 Å². The van der Waals surface area contributed by atoms with Crippen molar-refractivity contribution in [1.29, 1.82) is 0 Å². The van der Waals surface area contributed by atoms with Crippen LogP contribution in [-0.2, 0) is 17.8 Å². The Balaban J connectivity index is 2.11. The van der Waals surface area contributed by atoms with Gasteiger partial charge in [0.15, 0.2) is 11.5 Å². The zero-order valence-corrected chi connectivity index (χ0v) is 11.1. The number of furan rings is 1. The number of fused-ring (bicyclic) bond motifs is 1. The first kappa shape index (κ1) is 12.7. The van der Waals surface area contributed by atoms with Gasteiger partial charge in [-0.05, 0) is 20.8 Å². The van der Waals surface area contributed by atoms with E-state index < -0.39 is 5.60 Å². The molecule has 0 fully saturated rings. The van der Waals surface area contributed by atoms with Crippen LogP contribution in [0.1, 0.15) is 49.4 Å². The Labute approximate surface area is 106 Å². The van der Waals surface area contributed by atoms with Gasteiger partial charge in [-0.15, -0.1) is 0 Å². The summed E-state index contributed by atoms with van der Waals surface area (Å²) in [6, 6.07) is 0. The quantitative estimate of drug-likeness (QED) is 0.720. The molecule has 0 unspecified atom stereocenters. The van der Waals surface area contributed by atoms with Crippen LogP contribution in [0.25, 0.3) is 0 Å². The van der Waals surface area contributed by atoms with Gasteiger partial charge >= 0.3 is 6.09 Å². The fourth-order valence-electron chi connectivity index (χ4n) is 1.93. The minimum absolute atomic E-state index is 0.123. The highest BCUT2D eigenvalue weighted by atomic mass is 16.6. The highest BCUT2D eigenvalue weighted by Gasteiger charge is 2.32. The summed E-state index contributed by atoms with van der Waals surface area (Å²) in [6.07, 6.45) is 1.17. The summed E-state index contributed by atoms with van der Waals surface area (Å²) in [7, 11) is 0. The maximum atomic E-state index is 11.9. The average molecular weight is 251 g/mol. The summed E-state index contributed by atoms with van der Waals surface area (Å²) < 4.78 is 10.5. The van der Waals surface area contributed by atoms with Crippen molar-refractivity contribution in [1.82, 2.24) is 4.90 Å². The molecule has 5 nitrogen and oxygen atoms in total. The number of ketones is 1. The molecule has 1 aliphatic heterocycles. The summed E-state index contributed by atoms with van der Waals surface area (Å²) in [6.45, 7) is 7.73. The topological polar surface area (TPSA) is 59.8 Å². The third-order valence-electron chi connectivity index (χ3n) is 2.66. The number of nitrogens with zero attached hydrogens (tertiary/aromatic N) is 1. The van der Waals surface area contributed by atoms with E-state index in [-0.39, 0.29) is 11.9 Å². The Morgan fingerprint density at radius 3 is 2.56 bits per heavy atom. The lowest BCUT2D eigenvalue weighted by Gasteiger charge is -2.24. The number of amides is 1. The van der Waals surface area contributed by atoms with Crippen molar-refractivity contribution < 1.29 is 18.7 Å². The molecule has 0 aromatic carbocycles. The number of ether oxygens (including phenoxy) is 1. The van der Waals surface area contributed by atoms with Gasteiger partial charge in [0.1, 0.15) is 5.60 Å². The molecule has 1 amide bonds. The van der Waals surface area contributed by atoms with Crippen LogP contribution in [-0.4, -0.2) is 22.4 Å². The van der Waals surface area contributed by atoms with Crippen LogP contribution >= 0.6 is 0 Å². The third kappa shape index (κ3) is 2.39. The Bertz CT molecular complexity index is 496. The van der Waals surface area contributed by atoms with Gasteiger partial charge in [0.05, 0.1) is 19.4 Å². The van der Waals surface area contributed by atoms with E-state index in [1.807, 2.05) is 20.8 Å². The van der Waals surface area contributed by atoms with E-state index in [0.29, 0.717) is 18.8 Å². The van der Waals surface area contributed by atoms with Gasteiger partial charge in [0.25, 0.3) is 0 Å². The lowest BCUT2D eigenvalue weighted by atomic mass is 10.1. The van der Waals surface area contributed by atoms with Crippen LogP contribution < -0.4 is 0 Å². The van der Waals surface area contributed by atoms with E-state index in [2.05, 4.69) is 0 Å². The molecule has 18 heavy (non-hydrogen) atoms. The standard InChI is InChI=1S/C13H17NO4/c1-8(15)11-10-6-14(5-9(10)7-17-11)12(16)18-13(2,3)4/h7H,5-6H2,1-4H3. The fraction of sp³-hybridized carbons (Fsp3) is 0.538. The van der Waals surface area contributed by atoms with Crippen molar-refractivity contribution in [2.24, 2.45) is 0 Å². The second kappa shape index (κ2) is 4.15. The number of carbonyl (C=O) groups is 2. The monoisotopic (exact) mass is 251 g/mol. The second-order valence-corrected chi connectivity index (χ2v) is 5.46. The highest BCUT2D eigenvalue weighted by molar-refractivity contribution is 5.93. The lowest BCUT2D eigenvalue weighted by Crippen LogP contribution is -2.33. The first-order valence-electron chi connectivity index (χ1n) is 5.86. The smallest absolute Gasteiger partial charge is 0.410 e. The van der Waals surface area contributed by atoms with Gasteiger partial charge in [-0.3, -0.25) is 9.69 Å². The molecule has 5 heteroatoms. The van der Waals surface area contributed by atoms with E-state index in [9.17, 15) is 9.59 Å². The molecule has 0 N–H and O–H groups in total. The van der Waals surface area contributed by atoms with Gasteiger partial charge in [0, 0.05) is 18.1 Å². The van der Waals surface area contributed by atoms with Crippen LogP contribution in [0.4, 0.5) is 4.79 Å². The Hall–Kier alpha value is -1.78. The number of carbonyl (C=O) groups excluding carboxylic acids is 2. The minimum Gasteiger partial charge on any atom is -0.461 e. The molecule has 0 spiro atoms. The van der Waals surface area contributed by atoms with Gasteiger partial charge in [-0.25, -0.2) is 4.79 Å². The number of hydrogen-bond donors (Lipinski definition) is 0. The molecule has 2 heterocycles. The van der Waals surface area contributed by atoms with E-state index in [1.165, 1.54) is 13.2 Å². The van der Waals surface area contributed by atoms with Crippen LogP contribution in [0.2, 0.25) is 0 Å². The number of hydrogen-bond acceptors (Lipinski definition) is 4. The molecular formula is C13H17NO4. The van der Waals surface area contributed by atoms with Crippen LogP contribution in [0.15, 0.2) is 10.7 Å². The van der Waals surface area contributed by atoms with Crippen molar-refractivity contribution >= 4 is 11.9 Å². The van der Waals surface area contributed by atoms with Crippen molar-refractivity contribution in [3.8, 4) is 0 Å². The maximum Gasteiger partial charge on any atom is 0.410 e. The van der Waals surface area contributed by atoms with E-state index in [1.54, 1.807) is 4.90 Å². The molecule has 1 aromatic heterocycles. The lowest BCUT2D eigenvalue weighted by molar-refractivity contribution is 0.0239. The van der Waals surface area contributed by atoms with Crippen LogP contribution in [0, 0.1) is 0 Å². The maximum absolute atomic E-state index is 11.9. The molecule has 0 saturated carbocycles. The van der Waals surface area contributed by atoms with E-state index >= 15 is 0 Å². The normalized spacial score (nSPS) is 14.6. The van der Waals surface area contributed by atoms with Crippen molar-refractivity contribution in [2.75, 3.05) is 0 Å². The Morgan fingerprint density at radius 1 is 1.33 bits per heavy atom. The highest BCUT2D eigenvalue weighted by Crippen LogP contribution is 2.29. The number of Topliss-reactive ketones (excluding diaryl/α,β-unsaturated/α-hetero) is 1. The zero-order chi connectivity index (χ0) is 13.5. The molecule has 0 bridgehead atoms. The van der Waals surface area contributed by atoms with Crippen LogP contribution in [0.5, 0.6) is 0 Å². The van der Waals surface area contributed by atoms with Crippen molar-refractivity contribution in [2.45, 2.75) is 46.4 Å². The van der Waals surface area contributed by atoms with Gasteiger partial charge in [-0.1, -0.05) is 0 Å². The molecule has 0 aliphatic carbocycles. The molecule has 0 radical (unpaired) electrons. The van der Waals surface area contributed by atoms with E-state index in [4.69, 9.17) is 9.15 Å². The summed E-state index contributed by atoms with van der Waals surface area (Å²) in [5.41, 5.74) is 1.16. The summed E-state index contributed by atoms with van der Waals surface area (Å²) >= 11 is 0. The molecule has 0 atom stereocenters. The first-order valence-corrected chi connectivity index (χ1v) is 5.86. The first-order chi connectivity index (χ1) is 8.28. The molecular weight excluding hydrogens is 234 g/mol. The molecule has 1 aromatic rings. The minimum atomic E-state index is -0.516. The Kier molecular flexibility index (Phi) is 2.92. The van der Waals surface area contributed by atoms with Crippen LogP contribution in [0.3, 0.4) is 0 Å². The summed E-state index contributed by atoms with van der Waals surface area (Å²) in [5.74, 6) is 0.221. The fourth-order valence-corrected chi connectivity index (χ4v) is 1.93. The third-order valence-corrected chi connectivity index (χ3v) is 2.66. The Morgan fingerprint density at radius 2 is 2.00 bits per heavy atom. The second-order valence-electron chi connectivity index (χ2n) is 5.46. The predicted molar refractivity (Wildman–Crippen MR) is 64.2 cm³/mol. The summed E-state index contributed by atoms with van der Waals surface area (Å²) in [4.78, 5) is 24.8. The molecule has 98 valence electrons. The molecule has 1 aliphatic rings. The predicted octanol–water partition coefficient (Wildman–Crippen LogP) is 2.73. The zero-order valence-electron chi connectivity index (χ0n) is 11.1. The molecule has 0 saturated heterocycles. The SMILES string of the molecule is CC(=O)c1occ2c1CN(C(=O)OC(C)(C)C)C2. The van der Waals surface area contributed by atoms with E-state index in [0.717, 1.165) is 11.1 Å². The summed E-state index contributed by atoms with van der Waals surface area (Å²) in [5, 5.41) is 0. The average Bonchev–Trinajstić information content (AvgIpc) is 2.70.